The number of carbonyl (C=O) groups excluding carboxylic acids is 1. The molecule has 0 unspecified atom stereocenters. The van der Waals surface area contributed by atoms with Gasteiger partial charge < -0.3 is 10.1 Å². The van der Waals surface area contributed by atoms with Crippen LogP contribution in [0, 0.1) is 6.92 Å². The molecule has 0 heterocycles. The van der Waals surface area contributed by atoms with E-state index in [1.807, 2.05) is 0 Å². The lowest BCUT2D eigenvalue weighted by atomic mass is 10.1. The number of halogens is 3. The Morgan fingerprint density at radius 3 is 2.45 bits per heavy atom. The minimum absolute atomic E-state index is 0.165. The number of alkyl halides is 3. The van der Waals surface area contributed by atoms with Crippen LogP contribution in [-0.2, 0) is 6.18 Å². The molecule has 2 aromatic carbocycles. The molecular formula is C16H14F3NO2. The Bertz CT molecular complexity index is 696. The van der Waals surface area contributed by atoms with Crippen molar-refractivity contribution in [2.24, 2.45) is 0 Å². The minimum Gasteiger partial charge on any atom is -0.496 e. The lowest BCUT2D eigenvalue weighted by molar-refractivity contribution is -0.136. The molecule has 0 aliphatic carbocycles. The fourth-order valence-electron chi connectivity index (χ4n) is 2.02. The van der Waals surface area contributed by atoms with Crippen molar-refractivity contribution in [3.63, 3.8) is 0 Å². The van der Waals surface area contributed by atoms with Crippen molar-refractivity contribution in [3.8, 4) is 5.75 Å². The summed E-state index contributed by atoms with van der Waals surface area (Å²) >= 11 is 0. The molecule has 2 aromatic rings. The van der Waals surface area contributed by atoms with Gasteiger partial charge in [-0.3, -0.25) is 4.79 Å². The summed E-state index contributed by atoms with van der Waals surface area (Å²) in [5.41, 5.74) is -0.536. The highest BCUT2D eigenvalue weighted by atomic mass is 19.4. The first-order valence-corrected chi connectivity index (χ1v) is 6.45. The fourth-order valence-corrected chi connectivity index (χ4v) is 2.02. The zero-order valence-electron chi connectivity index (χ0n) is 12.0. The standard InChI is InChI=1S/C16H14F3NO2/c1-10-7-8-13(12(9-10)16(17,18)19)20-15(21)11-5-3-4-6-14(11)22-2/h3-9H,1-2H3,(H,20,21). The van der Waals surface area contributed by atoms with Crippen LogP contribution in [0.5, 0.6) is 5.75 Å². The number of rotatable bonds is 3. The second kappa shape index (κ2) is 6.09. The molecule has 2 rings (SSSR count). The van der Waals surface area contributed by atoms with Gasteiger partial charge in [0.2, 0.25) is 0 Å². The van der Waals surface area contributed by atoms with E-state index in [9.17, 15) is 18.0 Å². The summed E-state index contributed by atoms with van der Waals surface area (Å²) in [5, 5.41) is 2.30. The van der Waals surface area contributed by atoms with E-state index in [0.717, 1.165) is 6.07 Å². The first-order chi connectivity index (χ1) is 10.3. The van der Waals surface area contributed by atoms with Crippen molar-refractivity contribution in [3.05, 3.63) is 59.2 Å². The zero-order valence-corrected chi connectivity index (χ0v) is 12.0. The quantitative estimate of drug-likeness (QED) is 0.919. The summed E-state index contributed by atoms with van der Waals surface area (Å²) in [5.74, 6) is -0.368. The molecule has 0 atom stereocenters. The summed E-state index contributed by atoms with van der Waals surface area (Å²) < 4.78 is 44.2. The van der Waals surface area contributed by atoms with Gasteiger partial charge in [-0.05, 0) is 31.2 Å². The number of para-hydroxylation sites is 1. The van der Waals surface area contributed by atoms with Crippen LogP contribution >= 0.6 is 0 Å². The van der Waals surface area contributed by atoms with Gasteiger partial charge in [0.1, 0.15) is 5.75 Å². The Labute approximate surface area is 125 Å². The molecule has 0 bridgehead atoms. The molecule has 6 heteroatoms. The number of hydrogen-bond donors (Lipinski definition) is 1. The van der Waals surface area contributed by atoms with E-state index in [0.29, 0.717) is 11.3 Å². The van der Waals surface area contributed by atoms with Crippen molar-refractivity contribution >= 4 is 11.6 Å². The molecule has 0 fully saturated rings. The number of amides is 1. The molecule has 0 radical (unpaired) electrons. The number of hydrogen-bond acceptors (Lipinski definition) is 2. The summed E-state index contributed by atoms with van der Waals surface area (Å²) in [7, 11) is 1.39. The van der Waals surface area contributed by atoms with Crippen LogP contribution in [0.3, 0.4) is 0 Å². The van der Waals surface area contributed by atoms with E-state index in [1.54, 1.807) is 25.1 Å². The van der Waals surface area contributed by atoms with Gasteiger partial charge in [-0.2, -0.15) is 13.2 Å². The average Bonchev–Trinajstić information content (AvgIpc) is 2.48. The summed E-state index contributed by atoms with van der Waals surface area (Å²) in [6.45, 7) is 1.56. The lowest BCUT2D eigenvalue weighted by Crippen LogP contribution is -2.17. The molecule has 0 saturated carbocycles. The lowest BCUT2D eigenvalue weighted by Gasteiger charge is -2.15. The minimum atomic E-state index is -4.55. The second-order valence-corrected chi connectivity index (χ2v) is 4.70. The molecule has 22 heavy (non-hydrogen) atoms. The number of nitrogens with one attached hydrogen (secondary N) is 1. The molecule has 116 valence electrons. The maximum atomic E-state index is 13.1. The van der Waals surface area contributed by atoms with Gasteiger partial charge in [-0.1, -0.05) is 23.8 Å². The fraction of sp³-hybridized carbons (Fsp3) is 0.188. The maximum absolute atomic E-state index is 13.1. The Hall–Kier alpha value is -2.50. The highest BCUT2D eigenvalue weighted by Gasteiger charge is 2.34. The Balaban J connectivity index is 2.37. The van der Waals surface area contributed by atoms with Crippen molar-refractivity contribution in [2.75, 3.05) is 12.4 Å². The van der Waals surface area contributed by atoms with E-state index in [4.69, 9.17) is 4.74 Å². The van der Waals surface area contributed by atoms with E-state index in [2.05, 4.69) is 5.32 Å². The number of aryl methyl sites for hydroxylation is 1. The van der Waals surface area contributed by atoms with E-state index in [1.165, 1.54) is 25.3 Å². The number of carbonyl (C=O) groups is 1. The van der Waals surface area contributed by atoms with Gasteiger partial charge in [-0.15, -0.1) is 0 Å². The van der Waals surface area contributed by atoms with Crippen LogP contribution in [0.15, 0.2) is 42.5 Å². The number of anilines is 1. The first kappa shape index (κ1) is 15.9. The predicted octanol–water partition coefficient (Wildman–Crippen LogP) is 4.27. The van der Waals surface area contributed by atoms with Crippen molar-refractivity contribution in [2.45, 2.75) is 13.1 Å². The molecule has 0 aliphatic heterocycles. The third kappa shape index (κ3) is 3.39. The Morgan fingerprint density at radius 2 is 1.82 bits per heavy atom. The molecule has 3 nitrogen and oxygen atoms in total. The number of benzene rings is 2. The van der Waals surface area contributed by atoms with E-state index < -0.39 is 17.6 Å². The van der Waals surface area contributed by atoms with Crippen LogP contribution in [0.1, 0.15) is 21.5 Å². The number of methoxy groups -OCH3 is 1. The number of ether oxygens (including phenoxy) is 1. The van der Waals surface area contributed by atoms with Crippen molar-refractivity contribution in [1.82, 2.24) is 0 Å². The van der Waals surface area contributed by atoms with Gasteiger partial charge in [0.05, 0.1) is 23.9 Å². The zero-order chi connectivity index (χ0) is 16.3. The SMILES string of the molecule is COc1ccccc1C(=O)Nc1ccc(C)cc1C(F)(F)F. The molecule has 0 saturated heterocycles. The largest absolute Gasteiger partial charge is 0.496 e. The highest BCUT2D eigenvalue weighted by Crippen LogP contribution is 2.35. The van der Waals surface area contributed by atoms with Gasteiger partial charge in [0.15, 0.2) is 0 Å². The van der Waals surface area contributed by atoms with E-state index >= 15 is 0 Å². The van der Waals surface area contributed by atoms with Crippen molar-refractivity contribution < 1.29 is 22.7 Å². The smallest absolute Gasteiger partial charge is 0.418 e. The molecular weight excluding hydrogens is 295 g/mol. The van der Waals surface area contributed by atoms with Gasteiger partial charge >= 0.3 is 6.18 Å². The van der Waals surface area contributed by atoms with Crippen LogP contribution < -0.4 is 10.1 Å². The Morgan fingerprint density at radius 1 is 1.14 bits per heavy atom. The highest BCUT2D eigenvalue weighted by molar-refractivity contribution is 6.06. The van der Waals surface area contributed by atoms with Gasteiger partial charge in [0, 0.05) is 0 Å². The van der Waals surface area contributed by atoms with E-state index in [-0.39, 0.29) is 11.3 Å². The van der Waals surface area contributed by atoms with Crippen LogP contribution in [0.2, 0.25) is 0 Å². The first-order valence-electron chi connectivity index (χ1n) is 6.45. The molecule has 0 spiro atoms. The topological polar surface area (TPSA) is 38.3 Å². The third-order valence-corrected chi connectivity index (χ3v) is 3.08. The van der Waals surface area contributed by atoms with Crippen LogP contribution in [0.4, 0.5) is 18.9 Å². The molecule has 0 aliphatic rings. The van der Waals surface area contributed by atoms with Gasteiger partial charge in [0.25, 0.3) is 5.91 Å². The maximum Gasteiger partial charge on any atom is 0.418 e. The summed E-state index contributed by atoms with van der Waals surface area (Å²) in [4.78, 5) is 12.2. The molecule has 1 amide bonds. The third-order valence-electron chi connectivity index (χ3n) is 3.08. The predicted molar refractivity (Wildman–Crippen MR) is 77.1 cm³/mol. The summed E-state index contributed by atoms with van der Waals surface area (Å²) in [6, 6.07) is 10.1. The second-order valence-electron chi connectivity index (χ2n) is 4.70. The summed E-state index contributed by atoms with van der Waals surface area (Å²) in [6.07, 6.45) is -4.55. The van der Waals surface area contributed by atoms with Crippen LogP contribution in [-0.4, -0.2) is 13.0 Å². The van der Waals surface area contributed by atoms with Crippen LogP contribution in [0.25, 0.3) is 0 Å². The van der Waals surface area contributed by atoms with Crippen molar-refractivity contribution in [1.29, 1.82) is 0 Å². The molecule has 1 N–H and O–H groups in total. The normalized spacial score (nSPS) is 11.1. The monoisotopic (exact) mass is 309 g/mol. The molecule has 0 aromatic heterocycles. The Kier molecular flexibility index (Phi) is 4.40. The average molecular weight is 309 g/mol. The van der Waals surface area contributed by atoms with Gasteiger partial charge in [-0.25, -0.2) is 0 Å².